The molecule has 120 valence electrons. The average molecular weight is 301 g/mol. The molecule has 0 unspecified atom stereocenters. The molecular weight excluding hydrogens is 274 g/mol. The Kier molecular flexibility index (Phi) is 5.64. The predicted molar refractivity (Wildman–Crippen MR) is 90.2 cm³/mol. The molecule has 3 heteroatoms. The van der Waals surface area contributed by atoms with Crippen molar-refractivity contribution in [3.8, 4) is 0 Å². The van der Waals surface area contributed by atoms with E-state index in [-0.39, 0.29) is 11.6 Å². The number of hydrogen-bond acceptors (Lipinski definition) is 3. The molecule has 0 atom stereocenters. The van der Waals surface area contributed by atoms with Gasteiger partial charge in [-0.15, -0.1) is 0 Å². The lowest BCUT2D eigenvalue weighted by atomic mass is 9.80. The number of esters is 1. The van der Waals surface area contributed by atoms with Crippen LogP contribution < -0.4 is 5.32 Å². The van der Waals surface area contributed by atoms with Gasteiger partial charge in [0.05, 0.1) is 0 Å². The van der Waals surface area contributed by atoms with Crippen molar-refractivity contribution in [2.24, 2.45) is 5.92 Å². The highest BCUT2D eigenvalue weighted by Crippen LogP contribution is 2.34. The summed E-state index contributed by atoms with van der Waals surface area (Å²) < 4.78 is 5.84. The third-order valence-corrected chi connectivity index (χ3v) is 4.37. The van der Waals surface area contributed by atoms with Crippen LogP contribution in [0.2, 0.25) is 0 Å². The van der Waals surface area contributed by atoms with Crippen molar-refractivity contribution in [1.29, 1.82) is 0 Å². The summed E-state index contributed by atoms with van der Waals surface area (Å²) >= 11 is 0. The summed E-state index contributed by atoms with van der Waals surface area (Å²) in [6.07, 6.45) is 6.02. The minimum atomic E-state index is -0.325. The van der Waals surface area contributed by atoms with Gasteiger partial charge in [-0.3, -0.25) is 0 Å². The molecule has 3 nitrogen and oxygen atoms in total. The molecule has 1 aromatic rings. The molecule has 0 bridgehead atoms. The summed E-state index contributed by atoms with van der Waals surface area (Å²) in [7, 11) is 0. The van der Waals surface area contributed by atoms with Crippen molar-refractivity contribution < 1.29 is 9.53 Å². The van der Waals surface area contributed by atoms with E-state index in [2.05, 4.69) is 19.2 Å². The fraction of sp³-hybridized carbons (Fsp3) is 0.526. The molecule has 2 rings (SSSR count). The van der Waals surface area contributed by atoms with Gasteiger partial charge in [-0.25, -0.2) is 4.79 Å². The van der Waals surface area contributed by atoms with Crippen LogP contribution in [-0.4, -0.2) is 18.1 Å². The minimum absolute atomic E-state index is 0.247. The van der Waals surface area contributed by atoms with E-state index in [1.807, 2.05) is 43.3 Å². The molecule has 1 aliphatic carbocycles. The first kappa shape index (κ1) is 16.6. The van der Waals surface area contributed by atoms with Crippen LogP contribution in [0.15, 0.2) is 36.0 Å². The van der Waals surface area contributed by atoms with Crippen LogP contribution in [0.5, 0.6) is 0 Å². The Bertz CT molecular complexity index is 513. The first-order valence-electron chi connectivity index (χ1n) is 8.26. The lowest BCUT2D eigenvalue weighted by molar-refractivity contribution is -0.157. The topological polar surface area (TPSA) is 38.3 Å². The number of ether oxygens (including phenoxy) is 1. The first-order chi connectivity index (χ1) is 10.5. The van der Waals surface area contributed by atoms with Crippen molar-refractivity contribution in [3.05, 3.63) is 41.6 Å². The molecule has 0 radical (unpaired) electrons. The highest BCUT2D eigenvalue weighted by molar-refractivity contribution is 5.93. The monoisotopic (exact) mass is 301 g/mol. The highest BCUT2D eigenvalue weighted by Gasteiger charge is 2.33. The normalized spacial score (nSPS) is 25.6. The summed E-state index contributed by atoms with van der Waals surface area (Å²) in [5.41, 5.74) is 1.21. The van der Waals surface area contributed by atoms with Crippen molar-refractivity contribution >= 4 is 12.0 Å². The fourth-order valence-electron chi connectivity index (χ4n) is 2.84. The van der Waals surface area contributed by atoms with Crippen molar-refractivity contribution in [3.63, 3.8) is 0 Å². The number of nitrogens with one attached hydrogen (secondary N) is 1. The second-order valence-corrected chi connectivity index (χ2v) is 6.52. The maximum atomic E-state index is 12.5. The van der Waals surface area contributed by atoms with Gasteiger partial charge in [0, 0.05) is 6.54 Å². The SMILES string of the molecule is CCNC(=Cc1ccccc1)C(=O)OC1(C)CCC(C)CC1. The van der Waals surface area contributed by atoms with Gasteiger partial charge in [0.2, 0.25) is 0 Å². The van der Waals surface area contributed by atoms with Crippen molar-refractivity contribution in [2.45, 2.75) is 52.1 Å². The summed E-state index contributed by atoms with van der Waals surface area (Å²) in [4.78, 5) is 12.5. The van der Waals surface area contributed by atoms with Gasteiger partial charge in [-0.2, -0.15) is 0 Å². The molecule has 0 spiro atoms. The van der Waals surface area contributed by atoms with E-state index in [4.69, 9.17) is 4.74 Å². The Balaban J connectivity index is 2.08. The Labute approximate surface area is 133 Å². The Morgan fingerprint density at radius 3 is 2.55 bits per heavy atom. The number of hydrogen-bond donors (Lipinski definition) is 1. The third-order valence-electron chi connectivity index (χ3n) is 4.37. The Morgan fingerprint density at radius 2 is 1.95 bits per heavy atom. The molecular formula is C19H27NO2. The van der Waals surface area contributed by atoms with Crippen molar-refractivity contribution in [2.75, 3.05) is 6.54 Å². The molecule has 0 heterocycles. The van der Waals surface area contributed by atoms with Gasteiger partial charge < -0.3 is 10.1 Å². The van der Waals surface area contributed by atoms with Crippen LogP contribution in [0.4, 0.5) is 0 Å². The van der Waals surface area contributed by atoms with Gasteiger partial charge in [-0.05, 0) is 57.1 Å². The van der Waals surface area contributed by atoms with E-state index in [0.29, 0.717) is 12.2 Å². The molecule has 0 aromatic heterocycles. The van der Waals surface area contributed by atoms with Crippen LogP contribution >= 0.6 is 0 Å². The van der Waals surface area contributed by atoms with Gasteiger partial charge >= 0.3 is 5.97 Å². The van der Waals surface area contributed by atoms with Gasteiger partial charge in [-0.1, -0.05) is 37.3 Å². The van der Waals surface area contributed by atoms with Crippen LogP contribution in [0.1, 0.15) is 52.0 Å². The van der Waals surface area contributed by atoms with E-state index in [0.717, 1.165) is 37.2 Å². The van der Waals surface area contributed by atoms with Gasteiger partial charge in [0.15, 0.2) is 0 Å². The predicted octanol–water partition coefficient (Wildman–Crippen LogP) is 4.15. The lowest BCUT2D eigenvalue weighted by Crippen LogP contribution is -2.37. The van der Waals surface area contributed by atoms with Crippen LogP contribution in [0.3, 0.4) is 0 Å². The minimum Gasteiger partial charge on any atom is -0.455 e. The molecule has 1 saturated carbocycles. The highest BCUT2D eigenvalue weighted by atomic mass is 16.6. The van der Waals surface area contributed by atoms with Crippen LogP contribution in [-0.2, 0) is 9.53 Å². The van der Waals surface area contributed by atoms with Gasteiger partial charge in [0.25, 0.3) is 0 Å². The number of rotatable bonds is 5. The second kappa shape index (κ2) is 7.48. The largest absolute Gasteiger partial charge is 0.455 e. The van der Waals surface area contributed by atoms with E-state index >= 15 is 0 Å². The van der Waals surface area contributed by atoms with E-state index < -0.39 is 0 Å². The molecule has 1 N–H and O–H groups in total. The quantitative estimate of drug-likeness (QED) is 0.656. The zero-order chi connectivity index (χ0) is 16.0. The first-order valence-corrected chi connectivity index (χ1v) is 8.26. The molecule has 1 fully saturated rings. The summed E-state index contributed by atoms with van der Waals surface area (Å²) in [5.74, 6) is 0.489. The average Bonchev–Trinajstić information content (AvgIpc) is 2.51. The molecule has 1 aliphatic rings. The summed E-state index contributed by atoms with van der Waals surface area (Å²) in [5, 5.41) is 3.13. The zero-order valence-corrected chi connectivity index (χ0v) is 13.9. The van der Waals surface area contributed by atoms with E-state index in [9.17, 15) is 4.79 Å². The molecule has 0 aliphatic heterocycles. The molecule has 0 amide bonds. The van der Waals surface area contributed by atoms with Gasteiger partial charge in [0.1, 0.15) is 11.3 Å². The van der Waals surface area contributed by atoms with E-state index in [1.165, 1.54) is 0 Å². The molecule has 0 saturated heterocycles. The third kappa shape index (κ3) is 4.62. The lowest BCUT2D eigenvalue weighted by Gasteiger charge is -2.36. The van der Waals surface area contributed by atoms with Crippen molar-refractivity contribution in [1.82, 2.24) is 5.32 Å². The van der Waals surface area contributed by atoms with Crippen LogP contribution in [0, 0.1) is 5.92 Å². The number of carbonyl (C=O) groups is 1. The van der Waals surface area contributed by atoms with Crippen LogP contribution in [0.25, 0.3) is 6.08 Å². The standard InChI is InChI=1S/C19H27NO2/c1-4-20-17(14-16-8-6-5-7-9-16)18(21)22-19(3)12-10-15(2)11-13-19/h5-9,14-15,20H,4,10-13H2,1-3H3. The molecule has 1 aromatic carbocycles. The Morgan fingerprint density at radius 1 is 1.32 bits per heavy atom. The maximum absolute atomic E-state index is 12.5. The zero-order valence-electron chi connectivity index (χ0n) is 13.9. The fourth-order valence-corrected chi connectivity index (χ4v) is 2.84. The smallest absolute Gasteiger partial charge is 0.354 e. The second-order valence-electron chi connectivity index (χ2n) is 6.52. The number of benzene rings is 1. The molecule has 22 heavy (non-hydrogen) atoms. The summed E-state index contributed by atoms with van der Waals surface area (Å²) in [6, 6.07) is 9.85. The number of carbonyl (C=O) groups excluding carboxylic acids is 1. The Hall–Kier alpha value is -1.77. The van der Waals surface area contributed by atoms with E-state index in [1.54, 1.807) is 0 Å². The summed E-state index contributed by atoms with van der Waals surface area (Å²) in [6.45, 7) is 7.00. The maximum Gasteiger partial charge on any atom is 0.354 e. The number of likely N-dealkylation sites (N-methyl/N-ethyl adjacent to an activating group) is 1.